The van der Waals surface area contributed by atoms with Gasteiger partial charge in [-0.25, -0.2) is 4.79 Å². The van der Waals surface area contributed by atoms with Crippen molar-refractivity contribution in [2.24, 2.45) is 0 Å². The summed E-state index contributed by atoms with van der Waals surface area (Å²) in [7, 11) is 0. The Kier molecular flexibility index (Phi) is 3.55. The van der Waals surface area contributed by atoms with Crippen LogP contribution in [0.3, 0.4) is 0 Å². The van der Waals surface area contributed by atoms with E-state index in [0.717, 1.165) is 0 Å². The normalized spacial score (nSPS) is 18.1. The molecule has 1 amide bonds. The lowest BCUT2D eigenvalue weighted by Gasteiger charge is -2.25. The van der Waals surface area contributed by atoms with Crippen LogP contribution in [0.15, 0.2) is 0 Å². The van der Waals surface area contributed by atoms with E-state index in [-0.39, 0.29) is 25.1 Å². The van der Waals surface area contributed by atoms with Crippen molar-refractivity contribution >= 4 is 12.1 Å². The minimum Gasteiger partial charge on any atom is -0.464 e. The van der Waals surface area contributed by atoms with Crippen LogP contribution in [0, 0.1) is 0 Å². The third-order valence-electron chi connectivity index (χ3n) is 1.86. The molecule has 0 aromatic rings. The second-order valence-electron chi connectivity index (χ2n) is 4.44. The summed E-state index contributed by atoms with van der Waals surface area (Å²) in [5, 5.41) is 0. The molecule has 1 heterocycles. The average Bonchev–Trinajstić information content (AvgIpc) is 2.26. The average molecular weight is 215 g/mol. The van der Waals surface area contributed by atoms with Gasteiger partial charge in [-0.3, -0.25) is 4.79 Å². The first-order valence-corrected chi connectivity index (χ1v) is 5.02. The Labute approximate surface area is 89.3 Å². The third kappa shape index (κ3) is 4.18. The molecular formula is C10H17NO4. The first-order chi connectivity index (χ1) is 6.88. The summed E-state index contributed by atoms with van der Waals surface area (Å²) in [5.41, 5.74) is -0.506. The molecule has 0 aromatic heterocycles. The summed E-state index contributed by atoms with van der Waals surface area (Å²) in [4.78, 5) is 24.0. The Balaban J connectivity index is 2.49. The number of esters is 1. The molecule has 1 aliphatic rings. The molecule has 1 rings (SSSR count). The maximum absolute atomic E-state index is 11.6. The van der Waals surface area contributed by atoms with Crippen LogP contribution in [0.4, 0.5) is 4.79 Å². The number of carbonyl (C=O) groups excluding carboxylic acids is 2. The zero-order valence-electron chi connectivity index (χ0n) is 9.41. The highest BCUT2D eigenvalue weighted by Gasteiger charge is 2.24. The van der Waals surface area contributed by atoms with Crippen molar-refractivity contribution in [3.8, 4) is 0 Å². The molecule has 0 aromatic carbocycles. The van der Waals surface area contributed by atoms with E-state index in [1.165, 1.54) is 4.90 Å². The fourth-order valence-corrected chi connectivity index (χ4v) is 1.19. The number of ether oxygens (including phenoxy) is 2. The fraction of sp³-hybridized carbons (Fsp3) is 0.800. The van der Waals surface area contributed by atoms with Crippen LogP contribution in [0.5, 0.6) is 0 Å². The summed E-state index contributed by atoms with van der Waals surface area (Å²) in [6.45, 7) is 6.45. The van der Waals surface area contributed by atoms with E-state index in [1.807, 2.05) is 20.8 Å². The number of nitrogens with zero attached hydrogens (tertiary/aromatic N) is 1. The van der Waals surface area contributed by atoms with Gasteiger partial charge in [0.2, 0.25) is 0 Å². The van der Waals surface area contributed by atoms with E-state index in [1.54, 1.807) is 0 Å². The minimum atomic E-state index is -0.506. The SMILES string of the molecule is CC(C)(C)OC(=O)N1CCOC(=O)CC1. The standard InChI is InChI=1S/C10H17NO4/c1-10(2,3)15-9(13)11-5-4-8(12)14-7-6-11/h4-7H2,1-3H3. The molecule has 5 heteroatoms. The summed E-state index contributed by atoms with van der Waals surface area (Å²) in [5.74, 6) is -0.263. The molecule has 1 aliphatic heterocycles. The molecular weight excluding hydrogens is 198 g/mol. The van der Waals surface area contributed by atoms with Crippen molar-refractivity contribution in [3.05, 3.63) is 0 Å². The molecule has 15 heavy (non-hydrogen) atoms. The molecule has 0 spiro atoms. The highest BCUT2D eigenvalue weighted by atomic mass is 16.6. The van der Waals surface area contributed by atoms with Crippen LogP contribution >= 0.6 is 0 Å². The van der Waals surface area contributed by atoms with Crippen molar-refractivity contribution in [3.63, 3.8) is 0 Å². The van der Waals surface area contributed by atoms with Gasteiger partial charge in [0.15, 0.2) is 0 Å². The van der Waals surface area contributed by atoms with Crippen molar-refractivity contribution in [2.75, 3.05) is 19.7 Å². The van der Waals surface area contributed by atoms with Crippen LogP contribution in [0.1, 0.15) is 27.2 Å². The molecule has 0 saturated carbocycles. The van der Waals surface area contributed by atoms with E-state index in [2.05, 4.69) is 0 Å². The number of amides is 1. The molecule has 0 radical (unpaired) electrons. The van der Waals surface area contributed by atoms with Crippen molar-refractivity contribution < 1.29 is 19.1 Å². The number of hydrogen-bond acceptors (Lipinski definition) is 4. The van der Waals surface area contributed by atoms with E-state index in [4.69, 9.17) is 9.47 Å². The topological polar surface area (TPSA) is 55.8 Å². The molecule has 0 bridgehead atoms. The van der Waals surface area contributed by atoms with E-state index < -0.39 is 5.60 Å². The lowest BCUT2D eigenvalue weighted by Crippen LogP contribution is -2.38. The molecule has 0 aliphatic carbocycles. The lowest BCUT2D eigenvalue weighted by molar-refractivity contribution is -0.142. The molecule has 5 nitrogen and oxygen atoms in total. The highest BCUT2D eigenvalue weighted by molar-refractivity contribution is 5.73. The van der Waals surface area contributed by atoms with Gasteiger partial charge in [-0.2, -0.15) is 0 Å². The number of cyclic esters (lactones) is 1. The number of hydrogen-bond donors (Lipinski definition) is 0. The van der Waals surface area contributed by atoms with Gasteiger partial charge in [-0.05, 0) is 20.8 Å². The van der Waals surface area contributed by atoms with Gasteiger partial charge >= 0.3 is 12.1 Å². The predicted octanol–water partition coefficient (Wildman–Crippen LogP) is 1.17. The van der Waals surface area contributed by atoms with Gasteiger partial charge in [-0.15, -0.1) is 0 Å². The molecule has 0 unspecified atom stereocenters. The second-order valence-corrected chi connectivity index (χ2v) is 4.44. The maximum Gasteiger partial charge on any atom is 0.410 e. The summed E-state index contributed by atoms with van der Waals surface area (Å²) in [6.07, 6.45) is -0.153. The predicted molar refractivity (Wildman–Crippen MR) is 53.4 cm³/mol. The summed E-state index contributed by atoms with van der Waals surface area (Å²) in [6, 6.07) is 0. The van der Waals surface area contributed by atoms with Gasteiger partial charge in [-0.1, -0.05) is 0 Å². The zero-order chi connectivity index (χ0) is 11.5. The Morgan fingerprint density at radius 1 is 1.40 bits per heavy atom. The monoisotopic (exact) mass is 215 g/mol. The lowest BCUT2D eigenvalue weighted by atomic mass is 10.2. The van der Waals surface area contributed by atoms with Crippen molar-refractivity contribution in [1.82, 2.24) is 4.90 Å². The van der Waals surface area contributed by atoms with Gasteiger partial charge in [0.1, 0.15) is 12.2 Å². The number of rotatable bonds is 0. The molecule has 86 valence electrons. The Morgan fingerprint density at radius 3 is 2.67 bits per heavy atom. The largest absolute Gasteiger partial charge is 0.464 e. The van der Waals surface area contributed by atoms with Gasteiger partial charge in [0, 0.05) is 6.54 Å². The van der Waals surface area contributed by atoms with Gasteiger partial charge in [0.05, 0.1) is 13.0 Å². The quantitative estimate of drug-likeness (QED) is 0.569. The van der Waals surface area contributed by atoms with E-state index >= 15 is 0 Å². The first kappa shape index (κ1) is 11.8. The maximum atomic E-state index is 11.6. The molecule has 0 atom stereocenters. The molecule has 1 saturated heterocycles. The molecule has 0 N–H and O–H groups in total. The summed E-state index contributed by atoms with van der Waals surface area (Å²) < 4.78 is 10.0. The van der Waals surface area contributed by atoms with E-state index in [0.29, 0.717) is 13.1 Å². The smallest absolute Gasteiger partial charge is 0.410 e. The Morgan fingerprint density at radius 2 is 2.07 bits per heavy atom. The van der Waals surface area contributed by atoms with E-state index in [9.17, 15) is 9.59 Å². The van der Waals surface area contributed by atoms with Crippen molar-refractivity contribution in [2.45, 2.75) is 32.8 Å². The second kappa shape index (κ2) is 4.51. The number of carbonyl (C=O) groups is 2. The van der Waals surface area contributed by atoms with Crippen LogP contribution < -0.4 is 0 Å². The van der Waals surface area contributed by atoms with Crippen LogP contribution in [-0.4, -0.2) is 42.3 Å². The Hall–Kier alpha value is -1.26. The van der Waals surface area contributed by atoms with Crippen LogP contribution in [-0.2, 0) is 14.3 Å². The van der Waals surface area contributed by atoms with Crippen LogP contribution in [0.25, 0.3) is 0 Å². The highest BCUT2D eigenvalue weighted by Crippen LogP contribution is 2.11. The third-order valence-corrected chi connectivity index (χ3v) is 1.86. The summed E-state index contributed by atoms with van der Waals surface area (Å²) >= 11 is 0. The first-order valence-electron chi connectivity index (χ1n) is 5.02. The Bertz CT molecular complexity index is 257. The molecule has 1 fully saturated rings. The zero-order valence-corrected chi connectivity index (χ0v) is 9.41. The van der Waals surface area contributed by atoms with Crippen LogP contribution in [0.2, 0.25) is 0 Å². The fourth-order valence-electron chi connectivity index (χ4n) is 1.19. The van der Waals surface area contributed by atoms with Gasteiger partial charge < -0.3 is 14.4 Å². The van der Waals surface area contributed by atoms with Crippen molar-refractivity contribution in [1.29, 1.82) is 0 Å². The van der Waals surface area contributed by atoms with Gasteiger partial charge in [0.25, 0.3) is 0 Å². The minimum absolute atomic E-state index is 0.235.